The molecule has 0 aromatic carbocycles. The average molecular weight is 222 g/mol. The maximum atomic E-state index is 12.2. The fraction of sp³-hybridized carbons (Fsp3) is 0.917. The lowest BCUT2D eigenvalue weighted by Gasteiger charge is -2.38. The molecule has 0 aromatic heterocycles. The molecule has 0 saturated carbocycles. The molecule has 1 atom stereocenters. The van der Waals surface area contributed by atoms with Crippen molar-refractivity contribution in [2.24, 2.45) is 0 Å². The molecule has 0 aliphatic carbocycles. The Kier molecular flexibility index (Phi) is 3.44. The fourth-order valence-corrected chi connectivity index (χ4v) is 2.06. The highest BCUT2D eigenvalue weighted by Crippen LogP contribution is 2.27. The summed E-state index contributed by atoms with van der Waals surface area (Å²) in [6.07, 6.45) is 0.823. The van der Waals surface area contributed by atoms with Gasteiger partial charge in [-0.05, 0) is 48.0 Å². The van der Waals surface area contributed by atoms with E-state index in [1.165, 1.54) is 0 Å². The first-order valence-electron chi connectivity index (χ1n) is 5.90. The van der Waals surface area contributed by atoms with Gasteiger partial charge in [-0.3, -0.25) is 4.79 Å². The minimum atomic E-state index is -0.172. The first-order valence-corrected chi connectivity index (χ1v) is 5.90. The van der Waals surface area contributed by atoms with Gasteiger partial charge >= 0.3 is 0 Å². The number of hydrogen-bond donors (Lipinski definition) is 0. The second-order valence-electron chi connectivity index (χ2n) is 6.54. The van der Waals surface area contributed by atoms with Crippen LogP contribution in [0.3, 0.4) is 0 Å². The van der Waals surface area contributed by atoms with Crippen LogP contribution >= 0.6 is 0 Å². The van der Waals surface area contributed by atoms with Gasteiger partial charge in [-0.15, -0.1) is 0 Å². The Morgan fingerprint density at radius 2 is 1.75 bits per heavy atom. The van der Waals surface area contributed by atoms with Crippen molar-refractivity contribution in [2.45, 2.75) is 65.1 Å². The van der Waals surface area contributed by atoms with E-state index in [4.69, 9.17) is 7.98 Å². The van der Waals surface area contributed by atoms with Crippen LogP contribution in [0, 0.1) is 0 Å². The summed E-state index contributed by atoms with van der Waals surface area (Å²) >= 11 is 0. The second-order valence-corrected chi connectivity index (χ2v) is 6.54. The van der Waals surface area contributed by atoms with Gasteiger partial charge in [0.25, 0.3) is 0 Å². The lowest BCUT2D eigenvalue weighted by atomic mass is 9.96. The first-order chi connectivity index (χ1) is 7.05. The van der Waals surface area contributed by atoms with Crippen molar-refractivity contribution < 1.29 is 4.79 Å². The van der Waals surface area contributed by atoms with E-state index in [1.54, 1.807) is 4.81 Å². The van der Waals surface area contributed by atoms with Gasteiger partial charge in [0.1, 0.15) is 0 Å². The number of hydrogen-bond acceptors (Lipinski definition) is 2. The van der Waals surface area contributed by atoms with Crippen LogP contribution in [0.2, 0.25) is 0 Å². The van der Waals surface area contributed by atoms with Gasteiger partial charge in [-0.2, -0.15) is 0 Å². The van der Waals surface area contributed by atoms with Gasteiger partial charge in [0, 0.05) is 17.6 Å². The van der Waals surface area contributed by atoms with Crippen molar-refractivity contribution in [3.05, 3.63) is 0 Å². The largest absolute Gasteiger partial charge is 0.339 e. The molecule has 1 unspecified atom stereocenters. The van der Waals surface area contributed by atoms with Gasteiger partial charge in [-0.25, -0.2) is 0 Å². The van der Waals surface area contributed by atoms with Crippen molar-refractivity contribution in [1.29, 1.82) is 0 Å². The summed E-state index contributed by atoms with van der Waals surface area (Å²) in [5.74, 6) is 0.157. The lowest BCUT2D eigenvalue weighted by molar-refractivity contribution is -0.135. The van der Waals surface area contributed by atoms with Gasteiger partial charge in [0.05, 0.1) is 6.04 Å². The molecule has 1 rings (SSSR count). The van der Waals surface area contributed by atoms with E-state index in [0.29, 0.717) is 0 Å². The van der Waals surface area contributed by atoms with E-state index < -0.39 is 0 Å². The minimum absolute atomic E-state index is 0.107. The molecule has 3 nitrogen and oxygen atoms in total. The second kappa shape index (κ2) is 4.06. The molecule has 16 heavy (non-hydrogen) atoms. The maximum absolute atomic E-state index is 12.2. The Morgan fingerprint density at radius 3 is 2.06 bits per heavy atom. The maximum Gasteiger partial charge on any atom is 0.239 e. The SMILES string of the molecule is [B]N(C1CCN(C(C)(C)C)C1=O)C(C)(C)C. The molecule has 0 spiro atoms. The number of amides is 1. The molecule has 1 fully saturated rings. The number of likely N-dealkylation sites (tertiary alicyclic amines) is 1. The zero-order chi connectivity index (χ0) is 12.7. The Hall–Kier alpha value is -0.505. The van der Waals surface area contributed by atoms with Gasteiger partial charge in [0.15, 0.2) is 7.98 Å². The van der Waals surface area contributed by atoms with Gasteiger partial charge in [-0.1, -0.05) is 0 Å². The molecule has 0 N–H and O–H groups in total. The predicted octanol–water partition coefficient (Wildman–Crippen LogP) is 1.57. The first kappa shape index (κ1) is 13.6. The highest BCUT2D eigenvalue weighted by molar-refractivity contribution is 6.07. The third-order valence-electron chi connectivity index (χ3n) is 3.10. The van der Waals surface area contributed by atoms with Crippen LogP contribution in [0.15, 0.2) is 0 Å². The monoisotopic (exact) mass is 222 g/mol. The van der Waals surface area contributed by atoms with Crippen LogP contribution in [0.1, 0.15) is 48.0 Å². The Balaban J connectivity index is 2.80. The van der Waals surface area contributed by atoms with E-state index in [1.807, 2.05) is 25.7 Å². The molecule has 90 valence electrons. The van der Waals surface area contributed by atoms with Crippen molar-refractivity contribution in [3.8, 4) is 0 Å². The molecule has 0 aromatic rings. The smallest absolute Gasteiger partial charge is 0.239 e. The minimum Gasteiger partial charge on any atom is -0.339 e. The van der Waals surface area contributed by atoms with Crippen LogP contribution in [0.4, 0.5) is 0 Å². The van der Waals surface area contributed by atoms with E-state index in [0.717, 1.165) is 13.0 Å². The summed E-state index contributed by atoms with van der Waals surface area (Å²) in [5.41, 5.74) is -0.279. The standard InChI is InChI=1S/C12H23BN2O/c1-11(2,3)14-8-7-9(10(14)16)15(13)12(4,5)6/h9H,7-8H2,1-6H3. The quantitative estimate of drug-likeness (QED) is 0.629. The van der Waals surface area contributed by atoms with E-state index in [9.17, 15) is 4.79 Å². The van der Waals surface area contributed by atoms with Crippen molar-refractivity contribution in [1.82, 2.24) is 9.71 Å². The van der Waals surface area contributed by atoms with Crippen molar-refractivity contribution in [2.75, 3.05) is 6.54 Å². The number of rotatable bonds is 1. The molecule has 1 heterocycles. The molecular weight excluding hydrogens is 199 g/mol. The van der Waals surface area contributed by atoms with Crippen LogP contribution in [-0.2, 0) is 4.79 Å². The number of carbonyl (C=O) groups is 1. The van der Waals surface area contributed by atoms with Gasteiger partial charge in [0.2, 0.25) is 5.91 Å². The van der Waals surface area contributed by atoms with Crippen LogP contribution in [-0.4, -0.2) is 47.3 Å². The van der Waals surface area contributed by atoms with E-state index >= 15 is 0 Å². The van der Waals surface area contributed by atoms with Crippen LogP contribution < -0.4 is 0 Å². The van der Waals surface area contributed by atoms with Crippen LogP contribution in [0.25, 0.3) is 0 Å². The fourth-order valence-electron chi connectivity index (χ4n) is 2.06. The molecule has 0 bridgehead atoms. The molecule has 2 radical (unpaired) electrons. The Bertz CT molecular complexity index is 278. The normalized spacial score (nSPS) is 23.3. The molecule has 1 saturated heterocycles. The number of carbonyl (C=O) groups excluding carboxylic acids is 1. The topological polar surface area (TPSA) is 23.6 Å². The third kappa shape index (κ3) is 2.59. The summed E-state index contributed by atoms with van der Waals surface area (Å²) in [7, 11) is 6.04. The molecule has 1 aliphatic heterocycles. The summed E-state index contributed by atoms with van der Waals surface area (Å²) in [5, 5.41) is 0. The molecule has 1 amide bonds. The highest BCUT2D eigenvalue weighted by atomic mass is 16.2. The zero-order valence-electron chi connectivity index (χ0n) is 11.4. The summed E-state index contributed by atoms with van der Waals surface area (Å²) in [6.45, 7) is 13.1. The third-order valence-corrected chi connectivity index (χ3v) is 3.10. The zero-order valence-corrected chi connectivity index (χ0v) is 11.4. The summed E-state index contributed by atoms with van der Waals surface area (Å²) < 4.78 is 0. The van der Waals surface area contributed by atoms with E-state index in [2.05, 4.69) is 20.8 Å². The Morgan fingerprint density at radius 1 is 1.25 bits per heavy atom. The molecule has 4 heteroatoms. The highest BCUT2D eigenvalue weighted by Gasteiger charge is 2.41. The van der Waals surface area contributed by atoms with Crippen LogP contribution in [0.5, 0.6) is 0 Å². The van der Waals surface area contributed by atoms with E-state index in [-0.39, 0.29) is 23.0 Å². The van der Waals surface area contributed by atoms with Gasteiger partial charge < -0.3 is 9.71 Å². The number of nitrogens with zero attached hydrogens (tertiary/aromatic N) is 2. The predicted molar refractivity (Wildman–Crippen MR) is 67.2 cm³/mol. The lowest BCUT2D eigenvalue weighted by Crippen LogP contribution is -2.52. The van der Waals surface area contributed by atoms with Crippen molar-refractivity contribution in [3.63, 3.8) is 0 Å². The summed E-state index contributed by atoms with van der Waals surface area (Å²) in [6, 6.07) is -0.167. The van der Waals surface area contributed by atoms with Crippen molar-refractivity contribution >= 4 is 13.9 Å². The molecule has 1 aliphatic rings. The summed E-state index contributed by atoms with van der Waals surface area (Å²) in [4.78, 5) is 15.9. The average Bonchev–Trinajstić information content (AvgIpc) is 2.42. The molecular formula is C12H23BN2O. The Labute approximate surface area is 101 Å².